The van der Waals surface area contributed by atoms with Crippen molar-refractivity contribution in [3.63, 3.8) is 0 Å². The molecular weight excluding hydrogens is 356 g/mol. The maximum absolute atomic E-state index is 6.27. The van der Waals surface area contributed by atoms with Gasteiger partial charge < -0.3 is 9.47 Å². The Morgan fingerprint density at radius 1 is 0.655 bits per heavy atom. The van der Waals surface area contributed by atoms with Crippen LogP contribution in [0, 0.1) is 0 Å². The van der Waals surface area contributed by atoms with Gasteiger partial charge in [-0.2, -0.15) is 0 Å². The molecule has 0 fully saturated rings. The molecular formula is C27H18O2. The molecule has 0 saturated heterocycles. The summed E-state index contributed by atoms with van der Waals surface area (Å²) in [4.78, 5) is 0. The molecule has 138 valence electrons. The van der Waals surface area contributed by atoms with E-state index >= 15 is 0 Å². The van der Waals surface area contributed by atoms with Crippen molar-refractivity contribution in [1.82, 2.24) is 0 Å². The Bertz CT molecular complexity index is 1360. The van der Waals surface area contributed by atoms with Gasteiger partial charge in [0.1, 0.15) is 23.9 Å². The van der Waals surface area contributed by atoms with Gasteiger partial charge in [-0.3, -0.25) is 0 Å². The molecule has 29 heavy (non-hydrogen) atoms. The van der Waals surface area contributed by atoms with Gasteiger partial charge in [0.25, 0.3) is 0 Å². The van der Waals surface area contributed by atoms with Crippen molar-refractivity contribution in [3.05, 3.63) is 103 Å². The zero-order valence-corrected chi connectivity index (χ0v) is 15.8. The fourth-order valence-corrected chi connectivity index (χ4v) is 4.04. The van der Waals surface area contributed by atoms with Crippen LogP contribution in [0.2, 0.25) is 0 Å². The molecule has 0 aromatic heterocycles. The van der Waals surface area contributed by atoms with Gasteiger partial charge in [0.15, 0.2) is 0 Å². The molecule has 0 radical (unpaired) electrons. The van der Waals surface area contributed by atoms with Crippen LogP contribution >= 0.6 is 0 Å². The van der Waals surface area contributed by atoms with E-state index in [0.29, 0.717) is 6.61 Å². The molecule has 0 spiro atoms. The predicted molar refractivity (Wildman–Crippen MR) is 118 cm³/mol. The van der Waals surface area contributed by atoms with E-state index in [1.54, 1.807) is 0 Å². The fraction of sp³-hybridized carbons (Fsp3) is 0.0370. The smallest absolute Gasteiger partial charge is 0.138 e. The van der Waals surface area contributed by atoms with E-state index in [4.69, 9.17) is 9.47 Å². The van der Waals surface area contributed by atoms with Crippen LogP contribution in [0.5, 0.6) is 17.2 Å². The Morgan fingerprint density at radius 2 is 1.38 bits per heavy atom. The summed E-state index contributed by atoms with van der Waals surface area (Å²) in [6.07, 6.45) is 0. The highest BCUT2D eigenvalue weighted by Gasteiger charge is 2.16. The standard InChI is InChI=1S/C27H18O2/c1-2-6-22-20(5-1)15-26(25-8-4-3-7-24(22)25)28-17-18-9-11-19(12-10-18)23-14-13-21-16-27(23)29-21/h1-16H,17H2. The third-order valence-electron chi connectivity index (χ3n) is 5.57. The second-order valence-electron chi connectivity index (χ2n) is 7.39. The molecule has 2 heteroatoms. The molecule has 2 nitrogen and oxygen atoms in total. The Balaban J connectivity index is 1.30. The van der Waals surface area contributed by atoms with E-state index < -0.39 is 0 Å². The Morgan fingerprint density at radius 3 is 2.14 bits per heavy atom. The summed E-state index contributed by atoms with van der Waals surface area (Å²) in [5, 5.41) is 4.82. The van der Waals surface area contributed by atoms with Crippen LogP contribution in [-0.2, 0) is 6.61 Å². The van der Waals surface area contributed by atoms with Crippen molar-refractivity contribution in [3.8, 4) is 28.4 Å². The maximum Gasteiger partial charge on any atom is 0.138 e. The van der Waals surface area contributed by atoms with E-state index in [1.807, 2.05) is 6.07 Å². The van der Waals surface area contributed by atoms with Crippen LogP contribution in [0.4, 0.5) is 0 Å². The van der Waals surface area contributed by atoms with Crippen molar-refractivity contribution >= 4 is 21.5 Å². The largest absolute Gasteiger partial charge is 0.488 e. The number of fused-ring (bicyclic) bond motifs is 5. The highest BCUT2D eigenvalue weighted by molar-refractivity contribution is 6.10. The molecule has 5 aromatic carbocycles. The Kier molecular flexibility index (Phi) is 3.57. The van der Waals surface area contributed by atoms with Gasteiger partial charge >= 0.3 is 0 Å². The van der Waals surface area contributed by atoms with Gasteiger partial charge in [0.05, 0.1) is 0 Å². The zero-order chi connectivity index (χ0) is 19.2. The maximum atomic E-state index is 6.27. The second-order valence-corrected chi connectivity index (χ2v) is 7.39. The first-order valence-electron chi connectivity index (χ1n) is 9.80. The fourth-order valence-electron chi connectivity index (χ4n) is 4.04. The molecule has 0 N–H and O–H groups in total. The normalized spacial score (nSPS) is 11.9. The lowest BCUT2D eigenvalue weighted by Crippen LogP contribution is -1.98. The second kappa shape index (κ2) is 6.39. The third kappa shape index (κ3) is 2.73. The summed E-state index contributed by atoms with van der Waals surface area (Å²) in [5.74, 6) is 2.81. The summed E-state index contributed by atoms with van der Waals surface area (Å²) in [6, 6.07) is 33.7. The SMILES string of the molecule is c1ccc2c(c1)cc(OCc1ccc(-c3ccc4cc3O4)cc1)c1ccccc12. The van der Waals surface area contributed by atoms with Crippen LogP contribution < -0.4 is 9.47 Å². The minimum absolute atomic E-state index is 0.533. The first-order chi connectivity index (χ1) is 14.3. The highest BCUT2D eigenvalue weighted by atomic mass is 16.5. The van der Waals surface area contributed by atoms with Gasteiger partial charge in [0.2, 0.25) is 0 Å². The Hall–Kier alpha value is -3.78. The summed E-state index contributed by atoms with van der Waals surface area (Å²) in [5.41, 5.74) is 3.43. The monoisotopic (exact) mass is 374 g/mol. The average Bonchev–Trinajstić information content (AvgIpc) is 2.77. The van der Waals surface area contributed by atoms with Gasteiger partial charge in [-0.25, -0.2) is 0 Å². The number of hydrogen-bond donors (Lipinski definition) is 0. The van der Waals surface area contributed by atoms with E-state index in [0.717, 1.165) is 39.3 Å². The summed E-state index contributed by atoms with van der Waals surface area (Å²) in [6.45, 7) is 0.533. The molecule has 0 unspecified atom stereocenters. The van der Waals surface area contributed by atoms with E-state index in [1.165, 1.54) is 16.2 Å². The molecule has 2 aliphatic heterocycles. The van der Waals surface area contributed by atoms with E-state index in [9.17, 15) is 0 Å². The van der Waals surface area contributed by atoms with E-state index in [-0.39, 0.29) is 0 Å². The number of rotatable bonds is 4. The van der Waals surface area contributed by atoms with Crippen LogP contribution in [0.1, 0.15) is 5.56 Å². The average molecular weight is 374 g/mol. The lowest BCUT2D eigenvalue weighted by atomic mass is 10.0. The number of ether oxygens (including phenoxy) is 2. The summed E-state index contributed by atoms with van der Waals surface area (Å²) >= 11 is 0. The van der Waals surface area contributed by atoms with Crippen molar-refractivity contribution in [2.24, 2.45) is 0 Å². The third-order valence-corrected chi connectivity index (χ3v) is 5.57. The van der Waals surface area contributed by atoms with Gasteiger partial charge in [0, 0.05) is 17.0 Å². The van der Waals surface area contributed by atoms with Crippen LogP contribution in [0.15, 0.2) is 97.1 Å². The molecule has 5 aromatic rings. The Labute approximate surface area is 168 Å². The van der Waals surface area contributed by atoms with Crippen LogP contribution in [0.25, 0.3) is 32.7 Å². The molecule has 2 bridgehead atoms. The number of benzene rings is 5. The van der Waals surface area contributed by atoms with E-state index in [2.05, 4.69) is 91.0 Å². The van der Waals surface area contributed by atoms with Crippen LogP contribution in [0.3, 0.4) is 0 Å². The lowest BCUT2D eigenvalue weighted by Gasteiger charge is -2.20. The molecule has 2 heterocycles. The molecule has 7 rings (SSSR count). The minimum Gasteiger partial charge on any atom is -0.488 e. The van der Waals surface area contributed by atoms with Crippen LogP contribution in [-0.4, -0.2) is 0 Å². The van der Waals surface area contributed by atoms with Crippen molar-refractivity contribution in [2.45, 2.75) is 6.61 Å². The molecule has 0 aliphatic carbocycles. The molecule has 0 atom stereocenters. The van der Waals surface area contributed by atoms with Gasteiger partial charge in [-0.15, -0.1) is 0 Å². The molecule has 0 amide bonds. The zero-order valence-electron chi connectivity index (χ0n) is 15.8. The van der Waals surface area contributed by atoms with Gasteiger partial charge in [-0.05, 0) is 45.5 Å². The van der Waals surface area contributed by atoms with Crippen molar-refractivity contribution < 1.29 is 9.47 Å². The number of hydrogen-bond acceptors (Lipinski definition) is 2. The predicted octanol–water partition coefficient (Wildman–Crippen LogP) is 7.34. The first kappa shape index (κ1) is 16.2. The quantitative estimate of drug-likeness (QED) is 0.300. The summed E-state index contributed by atoms with van der Waals surface area (Å²) < 4.78 is 11.9. The van der Waals surface area contributed by atoms with Crippen molar-refractivity contribution in [2.75, 3.05) is 0 Å². The molecule has 2 aliphatic rings. The summed E-state index contributed by atoms with van der Waals surface area (Å²) in [7, 11) is 0. The first-order valence-corrected chi connectivity index (χ1v) is 9.80. The minimum atomic E-state index is 0.533. The topological polar surface area (TPSA) is 18.5 Å². The molecule has 0 saturated carbocycles. The highest BCUT2D eigenvalue weighted by Crippen LogP contribution is 2.43. The lowest BCUT2D eigenvalue weighted by molar-refractivity contribution is 0.310. The van der Waals surface area contributed by atoms with Gasteiger partial charge in [-0.1, -0.05) is 72.8 Å². The van der Waals surface area contributed by atoms with Crippen molar-refractivity contribution in [1.29, 1.82) is 0 Å².